The van der Waals surface area contributed by atoms with Crippen LogP contribution in [-0.2, 0) is 19.4 Å². The molecular weight excluding hydrogens is 198 g/mol. The molecule has 2 N–H and O–H groups in total. The van der Waals surface area contributed by atoms with Crippen LogP contribution in [0.1, 0.15) is 29.4 Å². The van der Waals surface area contributed by atoms with Crippen molar-refractivity contribution in [1.29, 1.82) is 0 Å². The number of nitrogens with two attached hydrogens (primary N) is 1. The van der Waals surface area contributed by atoms with Gasteiger partial charge in [0.15, 0.2) is 0 Å². The predicted octanol–water partition coefficient (Wildman–Crippen LogP) is 2.89. The molecule has 0 atom stereocenters. The van der Waals surface area contributed by atoms with Gasteiger partial charge in [-0.15, -0.1) is 0 Å². The Hall–Kier alpha value is -1.54. The molecule has 0 aliphatic carbocycles. The summed E-state index contributed by atoms with van der Waals surface area (Å²) in [5.74, 6) is 0.888. The lowest BCUT2D eigenvalue weighted by molar-refractivity contribution is 0.508. The minimum atomic E-state index is 0.468. The van der Waals surface area contributed by atoms with Crippen LogP contribution in [0.4, 0.5) is 0 Å². The molecule has 16 heavy (non-hydrogen) atoms. The fraction of sp³-hybridized carbons (Fsp3) is 0.286. The van der Waals surface area contributed by atoms with E-state index in [-0.39, 0.29) is 0 Å². The van der Waals surface area contributed by atoms with E-state index in [1.165, 1.54) is 16.7 Å². The Bertz CT molecular complexity index is 442. The second kappa shape index (κ2) is 4.99. The Morgan fingerprint density at radius 1 is 1.06 bits per heavy atom. The van der Waals surface area contributed by atoms with Crippen molar-refractivity contribution >= 4 is 0 Å². The lowest BCUT2D eigenvalue weighted by Crippen LogP contribution is -1.99. The van der Waals surface area contributed by atoms with Gasteiger partial charge in [-0.1, -0.05) is 31.2 Å². The highest BCUT2D eigenvalue weighted by molar-refractivity contribution is 5.29. The molecule has 0 aliphatic heterocycles. The zero-order valence-electron chi connectivity index (χ0n) is 9.57. The van der Waals surface area contributed by atoms with Crippen LogP contribution in [0.25, 0.3) is 0 Å². The van der Waals surface area contributed by atoms with E-state index in [4.69, 9.17) is 10.2 Å². The Balaban J connectivity index is 2.14. The normalized spacial score (nSPS) is 10.6. The van der Waals surface area contributed by atoms with Gasteiger partial charge in [0, 0.05) is 6.42 Å². The smallest absolute Gasteiger partial charge is 0.120 e. The van der Waals surface area contributed by atoms with Crippen molar-refractivity contribution in [2.24, 2.45) is 5.73 Å². The maximum atomic E-state index is 5.60. The van der Waals surface area contributed by atoms with E-state index in [1.807, 2.05) is 6.07 Å². The minimum Gasteiger partial charge on any atom is -0.468 e. The topological polar surface area (TPSA) is 39.2 Å². The lowest BCUT2D eigenvalue weighted by atomic mass is 10.0. The Morgan fingerprint density at radius 2 is 1.75 bits per heavy atom. The molecule has 0 aliphatic rings. The number of furan rings is 1. The highest BCUT2D eigenvalue weighted by atomic mass is 16.3. The van der Waals surface area contributed by atoms with Crippen LogP contribution in [0.2, 0.25) is 0 Å². The molecule has 0 spiro atoms. The predicted molar refractivity (Wildman–Crippen MR) is 65.2 cm³/mol. The molecule has 1 heterocycles. The molecule has 0 fully saturated rings. The first-order valence-electron chi connectivity index (χ1n) is 5.66. The summed E-state index contributed by atoms with van der Waals surface area (Å²) in [4.78, 5) is 0. The molecule has 2 aromatic rings. The molecule has 0 unspecified atom stereocenters. The Labute approximate surface area is 96.1 Å². The summed E-state index contributed by atoms with van der Waals surface area (Å²) < 4.78 is 5.31. The maximum Gasteiger partial charge on any atom is 0.120 e. The van der Waals surface area contributed by atoms with E-state index < -0.39 is 0 Å². The maximum absolute atomic E-state index is 5.60. The zero-order valence-corrected chi connectivity index (χ0v) is 9.57. The highest BCUT2D eigenvalue weighted by Gasteiger charge is 2.05. The Morgan fingerprint density at radius 3 is 2.38 bits per heavy atom. The standard InChI is InChI=1S/C14H17NO/c1-2-11-3-5-12(6-4-11)9-13-7-8-16-14(13)10-15/h3-8H,2,9-10,15H2,1H3. The molecular formula is C14H17NO. The van der Waals surface area contributed by atoms with Gasteiger partial charge < -0.3 is 10.2 Å². The summed E-state index contributed by atoms with van der Waals surface area (Å²) in [6.45, 7) is 2.63. The SMILES string of the molecule is CCc1ccc(Cc2ccoc2CN)cc1. The van der Waals surface area contributed by atoms with Crippen LogP contribution >= 0.6 is 0 Å². The van der Waals surface area contributed by atoms with Gasteiger partial charge in [0.05, 0.1) is 12.8 Å². The monoisotopic (exact) mass is 215 g/mol. The van der Waals surface area contributed by atoms with E-state index in [2.05, 4.69) is 31.2 Å². The fourth-order valence-corrected chi connectivity index (χ4v) is 1.82. The van der Waals surface area contributed by atoms with Crippen LogP contribution in [0, 0.1) is 0 Å². The second-order valence-electron chi connectivity index (χ2n) is 3.92. The first kappa shape index (κ1) is 11.0. The molecule has 0 radical (unpaired) electrons. The van der Waals surface area contributed by atoms with Crippen molar-refractivity contribution in [2.75, 3.05) is 0 Å². The molecule has 1 aromatic carbocycles. The number of rotatable bonds is 4. The van der Waals surface area contributed by atoms with Crippen LogP contribution in [0.3, 0.4) is 0 Å². The third-order valence-electron chi connectivity index (χ3n) is 2.85. The largest absolute Gasteiger partial charge is 0.468 e. The third kappa shape index (κ3) is 2.34. The summed E-state index contributed by atoms with van der Waals surface area (Å²) in [5, 5.41) is 0. The van der Waals surface area contributed by atoms with Gasteiger partial charge in [0.25, 0.3) is 0 Å². The van der Waals surface area contributed by atoms with E-state index in [1.54, 1.807) is 6.26 Å². The van der Waals surface area contributed by atoms with Crippen LogP contribution < -0.4 is 5.73 Å². The quantitative estimate of drug-likeness (QED) is 0.851. The van der Waals surface area contributed by atoms with Crippen molar-refractivity contribution in [2.45, 2.75) is 26.3 Å². The molecule has 0 amide bonds. The van der Waals surface area contributed by atoms with Gasteiger partial charge in [-0.05, 0) is 29.2 Å². The van der Waals surface area contributed by atoms with Crippen LogP contribution in [0.15, 0.2) is 41.0 Å². The summed E-state index contributed by atoms with van der Waals surface area (Å²) >= 11 is 0. The summed E-state index contributed by atoms with van der Waals surface area (Å²) in [7, 11) is 0. The molecule has 2 nitrogen and oxygen atoms in total. The third-order valence-corrected chi connectivity index (χ3v) is 2.85. The number of hydrogen-bond acceptors (Lipinski definition) is 2. The van der Waals surface area contributed by atoms with Crippen LogP contribution in [-0.4, -0.2) is 0 Å². The minimum absolute atomic E-state index is 0.468. The van der Waals surface area contributed by atoms with Crippen molar-refractivity contribution in [3.63, 3.8) is 0 Å². The van der Waals surface area contributed by atoms with E-state index in [9.17, 15) is 0 Å². The zero-order chi connectivity index (χ0) is 11.4. The van der Waals surface area contributed by atoms with Gasteiger partial charge >= 0.3 is 0 Å². The van der Waals surface area contributed by atoms with E-state index >= 15 is 0 Å². The molecule has 0 saturated carbocycles. The first-order valence-corrected chi connectivity index (χ1v) is 5.66. The molecule has 1 aromatic heterocycles. The van der Waals surface area contributed by atoms with E-state index in [0.717, 1.165) is 18.6 Å². The van der Waals surface area contributed by atoms with Crippen LogP contribution in [0.5, 0.6) is 0 Å². The molecule has 0 saturated heterocycles. The van der Waals surface area contributed by atoms with Gasteiger partial charge in [0.2, 0.25) is 0 Å². The first-order chi connectivity index (χ1) is 7.83. The number of hydrogen-bond donors (Lipinski definition) is 1. The summed E-state index contributed by atoms with van der Waals surface area (Å²) in [6.07, 6.45) is 3.69. The van der Waals surface area contributed by atoms with Gasteiger partial charge in [0.1, 0.15) is 5.76 Å². The van der Waals surface area contributed by atoms with Crippen molar-refractivity contribution in [1.82, 2.24) is 0 Å². The van der Waals surface area contributed by atoms with Crippen molar-refractivity contribution in [3.8, 4) is 0 Å². The summed E-state index contributed by atoms with van der Waals surface area (Å²) in [6, 6.07) is 10.7. The lowest BCUT2D eigenvalue weighted by Gasteiger charge is -2.02. The van der Waals surface area contributed by atoms with Gasteiger partial charge in [-0.25, -0.2) is 0 Å². The summed E-state index contributed by atoms with van der Waals surface area (Å²) in [5.41, 5.74) is 9.46. The van der Waals surface area contributed by atoms with Gasteiger partial charge in [-0.3, -0.25) is 0 Å². The molecule has 84 valence electrons. The number of aryl methyl sites for hydroxylation is 1. The molecule has 2 heteroatoms. The molecule has 0 bridgehead atoms. The average molecular weight is 215 g/mol. The van der Waals surface area contributed by atoms with Crippen molar-refractivity contribution < 1.29 is 4.42 Å². The highest BCUT2D eigenvalue weighted by Crippen LogP contribution is 2.16. The number of benzene rings is 1. The van der Waals surface area contributed by atoms with Gasteiger partial charge in [-0.2, -0.15) is 0 Å². The Kier molecular flexibility index (Phi) is 3.42. The van der Waals surface area contributed by atoms with Crippen molar-refractivity contribution in [3.05, 3.63) is 59.0 Å². The average Bonchev–Trinajstić information content (AvgIpc) is 2.77. The fourth-order valence-electron chi connectivity index (χ4n) is 1.82. The van der Waals surface area contributed by atoms with E-state index in [0.29, 0.717) is 6.54 Å². The second-order valence-corrected chi connectivity index (χ2v) is 3.92. The molecule has 2 rings (SSSR count).